The van der Waals surface area contributed by atoms with Crippen molar-refractivity contribution in [3.05, 3.63) is 76.7 Å². The highest BCUT2D eigenvalue weighted by Gasteiger charge is 2.15. The highest BCUT2D eigenvalue weighted by molar-refractivity contribution is 7.99. The summed E-state index contributed by atoms with van der Waals surface area (Å²) in [5.41, 5.74) is 7.80. The number of nitriles is 1. The number of anilines is 1. The Morgan fingerprint density at radius 1 is 1.17 bits per heavy atom. The van der Waals surface area contributed by atoms with E-state index in [2.05, 4.69) is 6.07 Å². The normalized spacial score (nSPS) is 10.5. The third-order valence-corrected chi connectivity index (χ3v) is 4.86. The molecule has 1 aromatic heterocycles. The van der Waals surface area contributed by atoms with Crippen molar-refractivity contribution in [3.8, 4) is 6.07 Å². The molecule has 3 aromatic rings. The van der Waals surface area contributed by atoms with Gasteiger partial charge in [0.25, 0.3) is 0 Å². The van der Waals surface area contributed by atoms with Gasteiger partial charge in [-0.2, -0.15) is 5.26 Å². The summed E-state index contributed by atoms with van der Waals surface area (Å²) in [6, 6.07) is 17.5. The fraction of sp³-hybridized carbons (Fsp3) is 0.0556. The Balaban J connectivity index is 1.98. The van der Waals surface area contributed by atoms with E-state index in [4.69, 9.17) is 17.3 Å². The van der Waals surface area contributed by atoms with Crippen molar-refractivity contribution in [3.63, 3.8) is 0 Å². The maximum absolute atomic E-state index is 13.4. The highest BCUT2D eigenvalue weighted by atomic mass is 35.5. The van der Waals surface area contributed by atoms with Crippen LogP contribution in [-0.2, 0) is 6.54 Å². The maximum Gasteiger partial charge on any atom is 0.123 e. The van der Waals surface area contributed by atoms with E-state index in [-0.39, 0.29) is 5.82 Å². The second kappa shape index (κ2) is 7.00. The quantitative estimate of drug-likeness (QED) is 0.720. The first-order valence-electron chi connectivity index (χ1n) is 7.14. The maximum atomic E-state index is 13.4. The standard InChI is InChI=1S/C18H13ClFN3S/c19-13-4-6-16(7-5-13)24-18-17(22)9-15(10-21)23(18)11-12-2-1-3-14(20)8-12/h1-9H,11,22H2. The zero-order chi connectivity index (χ0) is 17.1. The van der Waals surface area contributed by atoms with Crippen LogP contribution in [0.2, 0.25) is 5.02 Å². The largest absolute Gasteiger partial charge is 0.397 e. The molecule has 2 N–H and O–H groups in total. The summed E-state index contributed by atoms with van der Waals surface area (Å²) >= 11 is 7.35. The van der Waals surface area contributed by atoms with E-state index < -0.39 is 0 Å². The number of nitrogens with zero attached hydrogens (tertiary/aromatic N) is 2. The van der Waals surface area contributed by atoms with E-state index in [1.807, 2.05) is 18.2 Å². The van der Waals surface area contributed by atoms with Crippen LogP contribution in [0.5, 0.6) is 0 Å². The van der Waals surface area contributed by atoms with Crippen molar-refractivity contribution in [1.82, 2.24) is 4.57 Å². The average Bonchev–Trinajstić information content (AvgIpc) is 2.85. The predicted molar refractivity (Wildman–Crippen MR) is 94.6 cm³/mol. The number of nitrogen functional groups attached to an aromatic ring is 1. The Kier molecular flexibility index (Phi) is 4.79. The SMILES string of the molecule is N#Cc1cc(N)c(Sc2ccc(Cl)cc2)n1Cc1cccc(F)c1. The molecule has 3 rings (SSSR count). The molecule has 24 heavy (non-hydrogen) atoms. The van der Waals surface area contributed by atoms with Gasteiger partial charge >= 0.3 is 0 Å². The Morgan fingerprint density at radius 3 is 2.58 bits per heavy atom. The lowest BCUT2D eigenvalue weighted by molar-refractivity contribution is 0.621. The molecule has 0 unspecified atom stereocenters. The molecule has 0 bridgehead atoms. The van der Waals surface area contributed by atoms with E-state index in [1.54, 1.807) is 28.8 Å². The van der Waals surface area contributed by atoms with Gasteiger partial charge in [-0.25, -0.2) is 4.39 Å². The van der Waals surface area contributed by atoms with Gasteiger partial charge < -0.3 is 10.3 Å². The summed E-state index contributed by atoms with van der Waals surface area (Å²) in [7, 11) is 0. The fourth-order valence-corrected chi connectivity index (χ4v) is 3.42. The van der Waals surface area contributed by atoms with E-state index in [1.165, 1.54) is 23.9 Å². The van der Waals surface area contributed by atoms with Crippen molar-refractivity contribution < 1.29 is 4.39 Å². The molecule has 0 aliphatic heterocycles. The van der Waals surface area contributed by atoms with E-state index >= 15 is 0 Å². The van der Waals surface area contributed by atoms with Gasteiger partial charge in [0.05, 0.1) is 5.69 Å². The minimum Gasteiger partial charge on any atom is -0.397 e. The number of rotatable bonds is 4. The van der Waals surface area contributed by atoms with Crippen LogP contribution >= 0.6 is 23.4 Å². The summed E-state index contributed by atoms with van der Waals surface area (Å²) in [5.74, 6) is -0.307. The number of halogens is 2. The van der Waals surface area contributed by atoms with Crippen LogP contribution < -0.4 is 5.73 Å². The van der Waals surface area contributed by atoms with Crippen LogP contribution in [0.25, 0.3) is 0 Å². The second-order valence-corrected chi connectivity index (χ2v) is 6.67. The van der Waals surface area contributed by atoms with E-state index in [0.29, 0.717) is 22.9 Å². The molecule has 2 aromatic carbocycles. The lowest BCUT2D eigenvalue weighted by Crippen LogP contribution is -2.04. The Labute approximate surface area is 148 Å². The minimum absolute atomic E-state index is 0.307. The smallest absolute Gasteiger partial charge is 0.123 e. The van der Waals surface area contributed by atoms with Crippen molar-refractivity contribution in [2.24, 2.45) is 0 Å². The van der Waals surface area contributed by atoms with Gasteiger partial charge in [-0.3, -0.25) is 0 Å². The van der Waals surface area contributed by atoms with Crippen LogP contribution in [0.1, 0.15) is 11.3 Å². The molecule has 3 nitrogen and oxygen atoms in total. The lowest BCUT2D eigenvalue weighted by atomic mass is 10.2. The average molecular weight is 358 g/mol. The summed E-state index contributed by atoms with van der Waals surface area (Å²) < 4.78 is 15.2. The molecule has 0 aliphatic rings. The first-order chi connectivity index (χ1) is 11.6. The van der Waals surface area contributed by atoms with Gasteiger partial charge in [-0.1, -0.05) is 35.5 Å². The van der Waals surface area contributed by atoms with Gasteiger partial charge in [0, 0.05) is 16.5 Å². The predicted octanol–water partition coefficient (Wildman–Crippen LogP) is 4.93. The molecule has 0 atom stereocenters. The summed E-state index contributed by atoms with van der Waals surface area (Å²) in [6.07, 6.45) is 0. The molecule has 120 valence electrons. The monoisotopic (exact) mass is 357 g/mol. The fourth-order valence-electron chi connectivity index (χ4n) is 2.35. The Hall–Kier alpha value is -2.42. The van der Waals surface area contributed by atoms with Crippen LogP contribution in [0.3, 0.4) is 0 Å². The first kappa shape index (κ1) is 16.4. The third kappa shape index (κ3) is 3.56. The van der Waals surface area contributed by atoms with Crippen LogP contribution in [0.15, 0.2) is 64.5 Å². The number of hydrogen-bond acceptors (Lipinski definition) is 3. The van der Waals surface area contributed by atoms with Crippen LogP contribution in [-0.4, -0.2) is 4.57 Å². The molecule has 0 saturated heterocycles. The lowest BCUT2D eigenvalue weighted by Gasteiger charge is -2.11. The van der Waals surface area contributed by atoms with Crippen molar-refractivity contribution >= 4 is 29.1 Å². The molecule has 0 radical (unpaired) electrons. The molecule has 0 fully saturated rings. The minimum atomic E-state index is -0.307. The van der Waals surface area contributed by atoms with E-state index in [9.17, 15) is 9.65 Å². The van der Waals surface area contributed by atoms with Crippen molar-refractivity contribution in [1.29, 1.82) is 5.26 Å². The number of nitrogens with two attached hydrogens (primary N) is 1. The third-order valence-electron chi connectivity index (χ3n) is 3.45. The molecule has 0 amide bonds. The van der Waals surface area contributed by atoms with Gasteiger partial charge in [0.15, 0.2) is 0 Å². The van der Waals surface area contributed by atoms with Crippen LogP contribution in [0.4, 0.5) is 10.1 Å². The second-order valence-electron chi connectivity index (χ2n) is 5.17. The zero-order valence-corrected chi connectivity index (χ0v) is 14.1. The molecular weight excluding hydrogens is 345 g/mol. The van der Waals surface area contributed by atoms with Gasteiger partial charge in [0.1, 0.15) is 22.6 Å². The number of hydrogen-bond donors (Lipinski definition) is 1. The topological polar surface area (TPSA) is 54.7 Å². The molecule has 0 saturated carbocycles. The van der Waals surface area contributed by atoms with Gasteiger partial charge in [0.2, 0.25) is 0 Å². The first-order valence-corrected chi connectivity index (χ1v) is 8.33. The van der Waals surface area contributed by atoms with Crippen molar-refractivity contribution in [2.75, 3.05) is 5.73 Å². The molecule has 0 spiro atoms. The van der Waals surface area contributed by atoms with Crippen molar-refractivity contribution in [2.45, 2.75) is 16.5 Å². The molecule has 0 aliphatic carbocycles. The Bertz CT molecular complexity index is 913. The number of benzene rings is 2. The highest BCUT2D eigenvalue weighted by Crippen LogP contribution is 2.35. The van der Waals surface area contributed by atoms with E-state index in [0.717, 1.165) is 15.5 Å². The Morgan fingerprint density at radius 2 is 1.92 bits per heavy atom. The van der Waals surface area contributed by atoms with Crippen LogP contribution in [0, 0.1) is 17.1 Å². The van der Waals surface area contributed by atoms with Gasteiger partial charge in [-0.05, 0) is 48.0 Å². The molecule has 1 heterocycles. The summed E-state index contributed by atoms with van der Waals surface area (Å²) in [6.45, 7) is 0.369. The number of aromatic nitrogens is 1. The van der Waals surface area contributed by atoms with Gasteiger partial charge in [-0.15, -0.1) is 0 Å². The summed E-state index contributed by atoms with van der Waals surface area (Å²) in [5, 5.41) is 10.8. The summed E-state index contributed by atoms with van der Waals surface area (Å²) in [4.78, 5) is 0.953. The molecular formula is C18H13ClFN3S. The molecule has 6 heteroatoms. The zero-order valence-electron chi connectivity index (χ0n) is 12.5.